The van der Waals surface area contributed by atoms with Crippen LogP contribution in [0.15, 0.2) is 67.0 Å². The van der Waals surface area contributed by atoms with Gasteiger partial charge in [-0.2, -0.15) is 5.10 Å². The normalized spacial score (nSPS) is 18.2. The zero-order valence-corrected chi connectivity index (χ0v) is 17.1. The zero-order valence-electron chi connectivity index (χ0n) is 17.1. The Balaban J connectivity index is 1.42. The van der Waals surface area contributed by atoms with Crippen LogP contribution in [0.4, 0.5) is 0 Å². The molecule has 0 saturated carbocycles. The maximum Gasteiger partial charge on any atom is 0.0648 e. The van der Waals surface area contributed by atoms with Gasteiger partial charge in [-0.15, -0.1) is 0 Å². The van der Waals surface area contributed by atoms with E-state index < -0.39 is 0 Å². The van der Waals surface area contributed by atoms with E-state index in [9.17, 15) is 5.11 Å². The van der Waals surface area contributed by atoms with Crippen LogP contribution in [0, 0.1) is 6.92 Å². The molecule has 1 aromatic heterocycles. The lowest BCUT2D eigenvalue weighted by Gasteiger charge is -2.41. The smallest absolute Gasteiger partial charge is 0.0648 e. The molecule has 2 aromatic carbocycles. The van der Waals surface area contributed by atoms with Gasteiger partial charge >= 0.3 is 0 Å². The van der Waals surface area contributed by atoms with Crippen molar-refractivity contribution < 1.29 is 5.11 Å². The quantitative estimate of drug-likeness (QED) is 0.673. The van der Waals surface area contributed by atoms with Gasteiger partial charge in [0.25, 0.3) is 0 Å². The Morgan fingerprint density at radius 2 is 1.93 bits per heavy atom. The standard InChI is InChI=1S/C24H30N4O/c1-20-6-2-3-8-22(20)18-27-14-13-26(19-24(27)10-15-29)17-21-7-4-9-23(16-21)28-12-5-11-25-28/h2-9,11-12,16,24,29H,10,13-15,17-19H2,1H3/t24-/m1/s1. The van der Waals surface area contributed by atoms with Gasteiger partial charge in [-0.1, -0.05) is 36.4 Å². The number of rotatable bonds is 7. The zero-order chi connectivity index (χ0) is 20.1. The first-order chi connectivity index (χ1) is 14.2. The molecule has 0 aliphatic carbocycles. The number of hydrogen-bond acceptors (Lipinski definition) is 4. The Morgan fingerprint density at radius 1 is 1.03 bits per heavy atom. The molecular formula is C24H30N4O. The number of aliphatic hydroxyl groups excluding tert-OH is 1. The first-order valence-corrected chi connectivity index (χ1v) is 10.4. The largest absolute Gasteiger partial charge is 0.396 e. The summed E-state index contributed by atoms with van der Waals surface area (Å²) in [5.74, 6) is 0. The molecule has 0 radical (unpaired) electrons. The van der Waals surface area contributed by atoms with Gasteiger partial charge in [0, 0.05) is 57.8 Å². The molecule has 1 saturated heterocycles. The fraction of sp³-hybridized carbons (Fsp3) is 0.375. The summed E-state index contributed by atoms with van der Waals surface area (Å²) in [5, 5.41) is 14.0. The van der Waals surface area contributed by atoms with Crippen molar-refractivity contribution in [2.45, 2.75) is 32.5 Å². The molecule has 0 bridgehead atoms. The van der Waals surface area contributed by atoms with Gasteiger partial charge in [0.15, 0.2) is 0 Å². The van der Waals surface area contributed by atoms with E-state index in [2.05, 4.69) is 70.4 Å². The first kappa shape index (κ1) is 19.8. The second kappa shape index (κ2) is 9.35. The van der Waals surface area contributed by atoms with Crippen molar-refractivity contribution in [1.82, 2.24) is 19.6 Å². The average molecular weight is 391 g/mol. The van der Waals surface area contributed by atoms with Crippen molar-refractivity contribution in [3.8, 4) is 5.69 Å². The number of benzene rings is 2. The summed E-state index contributed by atoms with van der Waals surface area (Å²) in [5.41, 5.74) is 5.12. The molecule has 1 aliphatic heterocycles. The molecule has 5 nitrogen and oxygen atoms in total. The van der Waals surface area contributed by atoms with Crippen LogP contribution in [0.5, 0.6) is 0 Å². The Morgan fingerprint density at radius 3 is 2.72 bits per heavy atom. The number of aliphatic hydroxyl groups is 1. The predicted octanol–water partition coefficient (Wildman–Crippen LogP) is 3.25. The van der Waals surface area contributed by atoms with Crippen molar-refractivity contribution in [3.63, 3.8) is 0 Å². The summed E-state index contributed by atoms with van der Waals surface area (Å²) in [4.78, 5) is 5.05. The highest BCUT2D eigenvalue weighted by Crippen LogP contribution is 2.20. The van der Waals surface area contributed by atoms with Gasteiger partial charge in [-0.3, -0.25) is 9.80 Å². The molecule has 0 spiro atoms. The highest BCUT2D eigenvalue weighted by atomic mass is 16.3. The third-order valence-corrected chi connectivity index (χ3v) is 5.87. The summed E-state index contributed by atoms with van der Waals surface area (Å²) in [7, 11) is 0. The second-order valence-electron chi connectivity index (χ2n) is 7.92. The van der Waals surface area contributed by atoms with E-state index in [1.54, 1.807) is 6.20 Å². The minimum atomic E-state index is 0.234. The summed E-state index contributed by atoms with van der Waals surface area (Å²) < 4.78 is 1.90. The van der Waals surface area contributed by atoms with Crippen molar-refractivity contribution in [3.05, 3.63) is 83.7 Å². The van der Waals surface area contributed by atoms with Gasteiger partial charge in [-0.25, -0.2) is 4.68 Å². The van der Waals surface area contributed by atoms with E-state index >= 15 is 0 Å². The average Bonchev–Trinajstić information content (AvgIpc) is 3.27. The van der Waals surface area contributed by atoms with Gasteiger partial charge in [0.05, 0.1) is 5.69 Å². The molecule has 0 unspecified atom stereocenters. The van der Waals surface area contributed by atoms with E-state index in [-0.39, 0.29) is 6.61 Å². The Bertz CT molecular complexity index is 909. The number of aryl methyl sites for hydroxylation is 1. The van der Waals surface area contributed by atoms with Crippen molar-refractivity contribution in [1.29, 1.82) is 0 Å². The maximum absolute atomic E-state index is 9.62. The SMILES string of the molecule is Cc1ccccc1CN1CCN(Cc2cccc(-n3cccn3)c2)C[C@H]1CCO. The fourth-order valence-corrected chi connectivity index (χ4v) is 4.22. The molecule has 1 N–H and O–H groups in total. The lowest BCUT2D eigenvalue weighted by molar-refractivity contribution is 0.0498. The molecular weight excluding hydrogens is 360 g/mol. The van der Waals surface area contributed by atoms with E-state index in [1.165, 1.54) is 16.7 Å². The van der Waals surface area contributed by atoms with Crippen LogP contribution in [0.3, 0.4) is 0 Å². The molecule has 2 heterocycles. The van der Waals surface area contributed by atoms with Crippen LogP contribution in [0.25, 0.3) is 5.69 Å². The first-order valence-electron chi connectivity index (χ1n) is 10.4. The van der Waals surface area contributed by atoms with Crippen LogP contribution in [0.2, 0.25) is 0 Å². The molecule has 152 valence electrons. The van der Waals surface area contributed by atoms with Crippen LogP contribution in [-0.2, 0) is 13.1 Å². The molecule has 0 amide bonds. The second-order valence-corrected chi connectivity index (χ2v) is 7.92. The summed E-state index contributed by atoms with van der Waals surface area (Å²) in [6.07, 6.45) is 4.59. The maximum atomic E-state index is 9.62. The van der Waals surface area contributed by atoms with Gasteiger partial charge in [-0.05, 0) is 48.2 Å². The van der Waals surface area contributed by atoms with Gasteiger partial charge < -0.3 is 5.11 Å². The number of hydrogen-bond donors (Lipinski definition) is 1. The van der Waals surface area contributed by atoms with E-state index in [0.29, 0.717) is 6.04 Å². The van der Waals surface area contributed by atoms with Crippen molar-refractivity contribution in [2.24, 2.45) is 0 Å². The molecule has 3 aromatic rings. The molecule has 29 heavy (non-hydrogen) atoms. The number of aromatic nitrogens is 2. The van der Waals surface area contributed by atoms with Gasteiger partial charge in [0.2, 0.25) is 0 Å². The lowest BCUT2D eigenvalue weighted by atomic mass is 10.0. The Labute approximate surface area is 173 Å². The molecule has 1 atom stereocenters. The lowest BCUT2D eigenvalue weighted by Crippen LogP contribution is -2.52. The van der Waals surface area contributed by atoms with Crippen LogP contribution in [-0.4, -0.2) is 57.0 Å². The minimum absolute atomic E-state index is 0.234. The van der Waals surface area contributed by atoms with Crippen LogP contribution in [0.1, 0.15) is 23.1 Å². The monoisotopic (exact) mass is 390 g/mol. The Hall–Kier alpha value is -2.47. The predicted molar refractivity (Wildman–Crippen MR) is 116 cm³/mol. The summed E-state index contributed by atoms with van der Waals surface area (Å²) >= 11 is 0. The third-order valence-electron chi connectivity index (χ3n) is 5.87. The topological polar surface area (TPSA) is 44.5 Å². The van der Waals surface area contributed by atoms with Crippen LogP contribution >= 0.6 is 0 Å². The number of nitrogens with zero attached hydrogens (tertiary/aromatic N) is 4. The van der Waals surface area contributed by atoms with E-state index in [0.717, 1.165) is 44.8 Å². The minimum Gasteiger partial charge on any atom is -0.396 e. The number of piperazine rings is 1. The highest BCUT2D eigenvalue weighted by molar-refractivity contribution is 5.35. The fourth-order valence-electron chi connectivity index (χ4n) is 4.22. The summed E-state index contributed by atoms with van der Waals surface area (Å²) in [6.45, 7) is 7.35. The molecule has 5 heteroatoms. The summed E-state index contributed by atoms with van der Waals surface area (Å²) in [6, 6.07) is 19.5. The molecule has 1 aliphatic rings. The van der Waals surface area contributed by atoms with Crippen LogP contribution < -0.4 is 0 Å². The third kappa shape index (κ3) is 4.93. The highest BCUT2D eigenvalue weighted by Gasteiger charge is 2.27. The molecule has 4 rings (SSSR count). The molecule has 1 fully saturated rings. The van der Waals surface area contributed by atoms with Crippen molar-refractivity contribution >= 4 is 0 Å². The van der Waals surface area contributed by atoms with Crippen molar-refractivity contribution in [2.75, 3.05) is 26.2 Å². The Kier molecular flexibility index (Phi) is 6.39. The van der Waals surface area contributed by atoms with E-state index in [1.807, 2.05) is 16.9 Å². The van der Waals surface area contributed by atoms with Gasteiger partial charge in [0.1, 0.15) is 0 Å². The van der Waals surface area contributed by atoms with E-state index in [4.69, 9.17) is 0 Å².